The van der Waals surface area contributed by atoms with Crippen molar-refractivity contribution < 1.29 is 0 Å². The summed E-state index contributed by atoms with van der Waals surface area (Å²) in [6.45, 7) is 2.09. The Morgan fingerprint density at radius 3 is 2.45 bits per heavy atom. The van der Waals surface area contributed by atoms with Gasteiger partial charge < -0.3 is 15.5 Å². The van der Waals surface area contributed by atoms with E-state index in [2.05, 4.69) is 72.4 Å². The third-order valence-electron chi connectivity index (χ3n) is 7.79. The highest BCUT2D eigenvalue weighted by atomic mass is 15.5. The summed E-state index contributed by atoms with van der Waals surface area (Å²) >= 11 is 0. The Hall–Kier alpha value is -3.85. The normalized spacial score (nSPS) is 21.8. The Morgan fingerprint density at radius 1 is 0.842 bits per heavy atom. The van der Waals surface area contributed by atoms with E-state index in [4.69, 9.17) is 4.98 Å². The Kier molecular flexibility index (Phi) is 7.26. The Bertz CT molecular complexity index is 1320. The number of benzene rings is 2. The molecule has 9 heteroatoms. The van der Waals surface area contributed by atoms with E-state index in [-0.39, 0.29) is 0 Å². The average Bonchev–Trinajstić information content (AvgIpc) is 3.41. The molecular formula is C29H35N9. The first-order valence-corrected chi connectivity index (χ1v) is 13.7. The maximum absolute atomic E-state index is 4.83. The summed E-state index contributed by atoms with van der Waals surface area (Å²) in [5.74, 6) is 1.50. The van der Waals surface area contributed by atoms with Crippen LogP contribution in [-0.4, -0.2) is 61.4 Å². The standard InChI is InChI=1S/C29H35N9/c1-37-28(34-35-36-37)22-13-15-24(16-14-22)38-19-7-10-23(20-38)31-26-11-5-6-12-27(26)33-29-30-18-17-25(32-29)21-8-3-2-4-9-21/h2-4,8-9,13-18,23,26-27,31H,5-7,10-12,19-20H2,1H3,(H,30,32,33). The van der Waals surface area contributed by atoms with Crippen molar-refractivity contribution >= 4 is 11.6 Å². The van der Waals surface area contributed by atoms with Gasteiger partial charge in [-0.25, -0.2) is 14.6 Å². The number of aryl methyl sites for hydroxylation is 1. The third kappa shape index (κ3) is 5.52. The number of hydrogen-bond donors (Lipinski definition) is 2. The molecule has 3 heterocycles. The van der Waals surface area contributed by atoms with Gasteiger partial charge in [-0.15, -0.1) is 5.10 Å². The van der Waals surface area contributed by atoms with Gasteiger partial charge in [0.25, 0.3) is 0 Å². The highest BCUT2D eigenvalue weighted by molar-refractivity contribution is 5.61. The minimum Gasteiger partial charge on any atom is -0.370 e. The van der Waals surface area contributed by atoms with Crippen LogP contribution in [0, 0.1) is 0 Å². The van der Waals surface area contributed by atoms with E-state index in [0.717, 1.165) is 42.2 Å². The van der Waals surface area contributed by atoms with Gasteiger partial charge in [0.2, 0.25) is 5.95 Å². The molecule has 0 spiro atoms. The molecule has 2 N–H and O–H groups in total. The largest absolute Gasteiger partial charge is 0.370 e. The van der Waals surface area contributed by atoms with Crippen LogP contribution in [0.25, 0.3) is 22.6 Å². The third-order valence-corrected chi connectivity index (χ3v) is 7.79. The fourth-order valence-electron chi connectivity index (χ4n) is 5.81. The molecule has 2 aromatic carbocycles. The summed E-state index contributed by atoms with van der Waals surface area (Å²) < 4.78 is 1.70. The van der Waals surface area contributed by atoms with Crippen molar-refractivity contribution in [1.29, 1.82) is 0 Å². The molecule has 2 fully saturated rings. The minimum absolute atomic E-state index is 0.324. The van der Waals surface area contributed by atoms with Crippen LogP contribution in [0.4, 0.5) is 11.6 Å². The Morgan fingerprint density at radius 2 is 1.66 bits per heavy atom. The molecule has 38 heavy (non-hydrogen) atoms. The number of nitrogens with zero attached hydrogens (tertiary/aromatic N) is 7. The summed E-state index contributed by atoms with van der Waals surface area (Å²) in [5.41, 5.74) is 4.34. The molecule has 0 amide bonds. The second-order valence-electron chi connectivity index (χ2n) is 10.4. The van der Waals surface area contributed by atoms with Crippen molar-refractivity contribution in [2.75, 3.05) is 23.3 Å². The molecule has 3 atom stereocenters. The van der Waals surface area contributed by atoms with Crippen LogP contribution in [0.1, 0.15) is 38.5 Å². The van der Waals surface area contributed by atoms with E-state index in [1.54, 1.807) is 4.68 Å². The van der Waals surface area contributed by atoms with Gasteiger partial charge in [-0.05, 0) is 66.4 Å². The van der Waals surface area contributed by atoms with Crippen molar-refractivity contribution in [2.45, 2.75) is 56.7 Å². The van der Waals surface area contributed by atoms with Crippen LogP contribution in [0.15, 0.2) is 66.9 Å². The number of rotatable bonds is 7. The van der Waals surface area contributed by atoms with Crippen LogP contribution in [0.3, 0.4) is 0 Å². The lowest BCUT2D eigenvalue weighted by Crippen LogP contribution is -2.55. The molecule has 1 aliphatic carbocycles. The molecule has 0 radical (unpaired) electrons. The molecule has 1 saturated heterocycles. The summed E-state index contributed by atoms with van der Waals surface area (Å²) in [7, 11) is 1.86. The van der Waals surface area contributed by atoms with Gasteiger partial charge in [-0.1, -0.05) is 43.2 Å². The van der Waals surface area contributed by atoms with Gasteiger partial charge in [0.15, 0.2) is 5.82 Å². The van der Waals surface area contributed by atoms with E-state index in [1.165, 1.54) is 37.8 Å². The molecule has 196 valence electrons. The second kappa shape index (κ2) is 11.3. The zero-order valence-electron chi connectivity index (χ0n) is 21.9. The smallest absolute Gasteiger partial charge is 0.223 e. The van der Waals surface area contributed by atoms with Crippen molar-refractivity contribution in [3.05, 3.63) is 66.9 Å². The SMILES string of the molecule is Cn1nnnc1-c1ccc(N2CCCC(NC3CCCCC3Nc3nccc(-c4ccccc4)n3)C2)cc1. The molecule has 6 rings (SSSR count). The molecule has 3 unspecified atom stereocenters. The average molecular weight is 510 g/mol. The lowest BCUT2D eigenvalue weighted by molar-refractivity contribution is 0.293. The van der Waals surface area contributed by atoms with Crippen LogP contribution in [0.5, 0.6) is 0 Å². The van der Waals surface area contributed by atoms with E-state index >= 15 is 0 Å². The quantitative estimate of drug-likeness (QED) is 0.380. The van der Waals surface area contributed by atoms with Gasteiger partial charge in [-0.2, -0.15) is 0 Å². The topological polar surface area (TPSA) is 96.7 Å². The maximum atomic E-state index is 4.83. The zero-order valence-corrected chi connectivity index (χ0v) is 21.9. The van der Waals surface area contributed by atoms with Crippen LogP contribution >= 0.6 is 0 Å². The summed E-state index contributed by atoms with van der Waals surface area (Å²) in [6, 6.07) is 22.1. The van der Waals surface area contributed by atoms with E-state index in [9.17, 15) is 0 Å². The molecule has 1 aliphatic heterocycles. The number of tetrazole rings is 1. The maximum Gasteiger partial charge on any atom is 0.223 e. The van der Waals surface area contributed by atoms with Crippen molar-refractivity contribution in [3.63, 3.8) is 0 Å². The second-order valence-corrected chi connectivity index (χ2v) is 10.4. The van der Waals surface area contributed by atoms with Crippen molar-refractivity contribution in [3.8, 4) is 22.6 Å². The molecule has 4 aromatic rings. The zero-order chi connectivity index (χ0) is 25.7. The Balaban J connectivity index is 1.10. The van der Waals surface area contributed by atoms with Crippen LogP contribution in [0.2, 0.25) is 0 Å². The van der Waals surface area contributed by atoms with E-state index in [0.29, 0.717) is 24.1 Å². The first-order valence-electron chi connectivity index (χ1n) is 13.7. The first-order chi connectivity index (χ1) is 18.7. The number of piperidine rings is 1. The predicted molar refractivity (Wildman–Crippen MR) is 150 cm³/mol. The summed E-state index contributed by atoms with van der Waals surface area (Å²) in [6.07, 6.45) is 9.03. The fourth-order valence-corrected chi connectivity index (χ4v) is 5.81. The summed E-state index contributed by atoms with van der Waals surface area (Å²) in [4.78, 5) is 11.9. The van der Waals surface area contributed by atoms with Gasteiger partial charge in [0.05, 0.1) is 5.69 Å². The van der Waals surface area contributed by atoms with E-state index < -0.39 is 0 Å². The Labute approximate surface area is 223 Å². The van der Waals surface area contributed by atoms with Gasteiger partial charge in [-0.3, -0.25) is 0 Å². The molecule has 2 aromatic heterocycles. The van der Waals surface area contributed by atoms with E-state index in [1.807, 2.05) is 37.5 Å². The van der Waals surface area contributed by atoms with Crippen molar-refractivity contribution in [1.82, 2.24) is 35.5 Å². The highest BCUT2D eigenvalue weighted by Gasteiger charge is 2.30. The molecule has 2 aliphatic rings. The van der Waals surface area contributed by atoms with Gasteiger partial charge in [0, 0.05) is 61.3 Å². The van der Waals surface area contributed by atoms with Crippen molar-refractivity contribution in [2.24, 2.45) is 7.05 Å². The fraction of sp³-hybridized carbons (Fsp3) is 0.414. The predicted octanol–water partition coefficient (Wildman–Crippen LogP) is 4.32. The monoisotopic (exact) mass is 509 g/mol. The molecular weight excluding hydrogens is 474 g/mol. The van der Waals surface area contributed by atoms with Gasteiger partial charge >= 0.3 is 0 Å². The van der Waals surface area contributed by atoms with Crippen LogP contribution < -0.4 is 15.5 Å². The number of anilines is 2. The highest BCUT2D eigenvalue weighted by Crippen LogP contribution is 2.27. The number of hydrogen-bond acceptors (Lipinski definition) is 8. The first kappa shape index (κ1) is 24.5. The molecule has 1 saturated carbocycles. The molecule has 9 nitrogen and oxygen atoms in total. The number of nitrogens with one attached hydrogen (secondary N) is 2. The lowest BCUT2D eigenvalue weighted by Gasteiger charge is -2.40. The summed E-state index contributed by atoms with van der Waals surface area (Å²) in [5, 5.41) is 19.5. The minimum atomic E-state index is 0.324. The van der Waals surface area contributed by atoms with Gasteiger partial charge in [0.1, 0.15) is 0 Å². The lowest BCUT2D eigenvalue weighted by atomic mass is 9.89. The molecule has 0 bridgehead atoms. The number of aromatic nitrogens is 6. The van der Waals surface area contributed by atoms with Crippen LogP contribution in [-0.2, 0) is 7.05 Å².